The number of hydrogen-bond acceptors (Lipinski definition) is 8. The molecule has 0 radical (unpaired) electrons. The van der Waals surface area contributed by atoms with E-state index >= 15 is 0 Å². The Morgan fingerprint density at radius 2 is 1.63 bits per heavy atom. The van der Waals surface area contributed by atoms with Gasteiger partial charge in [0.15, 0.2) is 0 Å². The van der Waals surface area contributed by atoms with E-state index in [0.29, 0.717) is 37.6 Å². The fraction of sp³-hybridized carbons (Fsp3) is 0.625. The van der Waals surface area contributed by atoms with Crippen LogP contribution in [0, 0.1) is 17.8 Å². The summed E-state index contributed by atoms with van der Waals surface area (Å²) in [6.07, 6.45) is 6.91. The van der Waals surface area contributed by atoms with Gasteiger partial charge in [0.05, 0.1) is 6.04 Å². The lowest BCUT2D eigenvalue weighted by molar-refractivity contribution is -0.141. The minimum Gasteiger partial charge on any atom is -0.445 e. The number of carbonyl (C=O) groups is 4. The van der Waals surface area contributed by atoms with Crippen molar-refractivity contribution in [2.24, 2.45) is 17.8 Å². The number of amides is 3. The molecule has 1 saturated heterocycles. The largest absolute Gasteiger partial charge is 0.445 e. The van der Waals surface area contributed by atoms with E-state index in [-0.39, 0.29) is 30.2 Å². The van der Waals surface area contributed by atoms with Gasteiger partial charge in [-0.3, -0.25) is 14.4 Å². The highest BCUT2D eigenvalue weighted by atomic mass is 16.5. The van der Waals surface area contributed by atoms with Crippen molar-refractivity contribution in [2.45, 2.75) is 104 Å². The van der Waals surface area contributed by atoms with Crippen molar-refractivity contribution in [1.29, 1.82) is 0 Å². The molecule has 0 spiro atoms. The second-order valence-electron chi connectivity index (χ2n) is 12.4. The molecular formula is C32H45N5O6. The highest BCUT2D eigenvalue weighted by Crippen LogP contribution is 2.27. The maximum atomic E-state index is 13.6. The molecule has 1 saturated carbocycles. The molecule has 0 bridgehead atoms. The average Bonchev–Trinajstić information content (AvgIpc) is 3.68. The standard InChI is InChI=1S/C32H45N5O6/c1-20(2)26(28(38)29-33-25(43-36-29)18-22-12-7-5-8-13-22)34-30(39)24-16-11-17-37(24)31(40)27(21(3)4)35-32(41)42-19-23-14-9-6-10-15-23/h6,9-10,14-15,20-22,24,26-27H,5,7-8,11-13,16-19H2,1-4H3,(H,34,39)(H,35,41)/t24?,26-,27+/m1/s1. The number of benzene rings is 1. The maximum absolute atomic E-state index is 13.6. The zero-order chi connectivity index (χ0) is 30.9. The summed E-state index contributed by atoms with van der Waals surface area (Å²) in [5, 5.41) is 9.49. The van der Waals surface area contributed by atoms with Crippen molar-refractivity contribution in [3.8, 4) is 0 Å². The van der Waals surface area contributed by atoms with Crippen LogP contribution in [0.5, 0.6) is 0 Å². The number of rotatable bonds is 12. The second kappa shape index (κ2) is 15.1. The van der Waals surface area contributed by atoms with Gasteiger partial charge in [0.2, 0.25) is 29.3 Å². The van der Waals surface area contributed by atoms with Gasteiger partial charge < -0.3 is 24.8 Å². The van der Waals surface area contributed by atoms with Gasteiger partial charge in [-0.25, -0.2) is 4.79 Å². The fourth-order valence-corrected chi connectivity index (χ4v) is 5.89. The Bertz CT molecular complexity index is 1240. The molecule has 1 unspecified atom stereocenters. The van der Waals surface area contributed by atoms with Crippen molar-refractivity contribution in [3.63, 3.8) is 0 Å². The first-order valence-corrected chi connectivity index (χ1v) is 15.6. The monoisotopic (exact) mass is 595 g/mol. The molecule has 2 heterocycles. The third kappa shape index (κ3) is 8.64. The molecular weight excluding hydrogens is 550 g/mol. The van der Waals surface area contributed by atoms with E-state index in [1.807, 2.05) is 58.0 Å². The summed E-state index contributed by atoms with van der Waals surface area (Å²) >= 11 is 0. The first-order valence-electron chi connectivity index (χ1n) is 15.6. The van der Waals surface area contributed by atoms with Gasteiger partial charge in [-0.15, -0.1) is 0 Å². The van der Waals surface area contributed by atoms with Crippen LogP contribution in [0.4, 0.5) is 4.79 Å². The Morgan fingerprint density at radius 3 is 2.30 bits per heavy atom. The lowest BCUT2D eigenvalue weighted by atomic mass is 9.87. The van der Waals surface area contributed by atoms with Crippen molar-refractivity contribution in [2.75, 3.05) is 6.54 Å². The number of carbonyl (C=O) groups excluding carboxylic acids is 4. The van der Waals surface area contributed by atoms with Gasteiger partial charge >= 0.3 is 6.09 Å². The predicted octanol–water partition coefficient (Wildman–Crippen LogP) is 4.46. The topological polar surface area (TPSA) is 144 Å². The summed E-state index contributed by atoms with van der Waals surface area (Å²) in [5.41, 5.74) is 0.830. The molecule has 43 heavy (non-hydrogen) atoms. The van der Waals surface area contributed by atoms with Gasteiger partial charge in [-0.1, -0.05) is 82.4 Å². The molecule has 2 aliphatic rings. The minimum atomic E-state index is -0.878. The van der Waals surface area contributed by atoms with Crippen molar-refractivity contribution in [1.82, 2.24) is 25.7 Å². The number of nitrogens with zero attached hydrogens (tertiary/aromatic N) is 3. The molecule has 1 aliphatic carbocycles. The number of alkyl carbamates (subject to hydrolysis) is 1. The summed E-state index contributed by atoms with van der Waals surface area (Å²) in [7, 11) is 0. The van der Waals surface area contributed by atoms with Gasteiger partial charge in [-0.05, 0) is 49.0 Å². The molecule has 3 amide bonds. The maximum Gasteiger partial charge on any atom is 0.408 e. The SMILES string of the molecule is CC(C)[C@H](NC(=O)OCc1ccccc1)C(=O)N1CCCC1C(=O)N[C@@H](C(=O)c1noc(CC2CCCCC2)n1)C(C)C. The second-order valence-corrected chi connectivity index (χ2v) is 12.4. The van der Waals surface area contributed by atoms with E-state index in [2.05, 4.69) is 20.8 Å². The number of aromatic nitrogens is 2. The molecule has 2 N–H and O–H groups in total. The van der Waals surface area contributed by atoms with Crippen LogP contribution in [0.3, 0.4) is 0 Å². The lowest BCUT2D eigenvalue weighted by Crippen LogP contribution is -2.57. The van der Waals surface area contributed by atoms with Crippen LogP contribution >= 0.6 is 0 Å². The van der Waals surface area contributed by atoms with Crippen LogP contribution < -0.4 is 10.6 Å². The van der Waals surface area contributed by atoms with Crippen molar-refractivity contribution in [3.05, 3.63) is 47.6 Å². The van der Waals surface area contributed by atoms with Gasteiger partial charge in [0.25, 0.3) is 0 Å². The van der Waals surface area contributed by atoms with Crippen LogP contribution in [0.25, 0.3) is 0 Å². The number of ketones is 1. The van der Waals surface area contributed by atoms with Crippen LogP contribution in [-0.2, 0) is 27.4 Å². The quantitative estimate of drug-likeness (QED) is 0.343. The number of ether oxygens (including phenoxy) is 1. The number of Topliss-reactive ketones (excluding diaryl/α,β-unsaturated/α-hetero) is 1. The van der Waals surface area contributed by atoms with Crippen LogP contribution in [0.15, 0.2) is 34.9 Å². The smallest absolute Gasteiger partial charge is 0.408 e. The normalized spacial score (nSPS) is 18.8. The molecule has 11 heteroatoms. The lowest BCUT2D eigenvalue weighted by Gasteiger charge is -2.31. The Balaban J connectivity index is 1.37. The summed E-state index contributed by atoms with van der Waals surface area (Å²) in [6, 6.07) is 6.75. The molecule has 1 aromatic carbocycles. The van der Waals surface area contributed by atoms with Crippen LogP contribution in [0.2, 0.25) is 0 Å². The molecule has 2 aromatic rings. The minimum absolute atomic E-state index is 0.0396. The summed E-state index contributed by atoms with van der Waals surface area (Å²) in [4.78, 5) is 59.0. The molecule has 234 valence electrons. The average molecular weight is 596 g/mol. The van der Waals surface area contributed by atoms with Crippen molar-refractivity contribution < 1.29 is 28.4 Å². The molecule has 1 aromatic heterocycles. The Labute approximate surface area is 253 Å². The highest BCUT2D eigenvalue weighted by Gasteiger charge is 2.40. The van der Waals surface area contributed by atoms with E-state index in [1.165, 1.54) is 24.2 Å². The number of nitrogens with one attached hydrogen (secondary N) is 2. The van der Waals surface area contributed by atoms with Crippen LogP contribution in [-0.4, -0.2) is 63.4 Å². The highest BCUT2D eigenvalue weighted by molar-refractivity contribution is 6.00. The molecule has 4 rings (SSSR count). The molecule has 1 aliphatic heterocycles. The molecule has 11 nitrogen and oxygen atoms in total. The Hall–Kier alpha value is -3.76. The first kappa shape index (κ1) is 32.2. The fourth-order valence-electron chi connectivity index (χ4n) is 5.89. The van der Waals surface area contributed by atoms with Gasteiger partial charge in [0.1, 0.15) is 18.7 Å². The van der Waals surface area contributed by atoms with E-state index in [9.17, 15) is 19.2 Å². The van der Waals surface area contributed by atoms with E-state index in [1.54, 1.807) is 0 Å². The third-order valence-corrected chi connectivity index (χ3v) is 8.38. The molecule has 3 atom stereocenters. The summed E-state index contributed by atoms with van der Waals surface area (Å²) < 4.78 is 10.7. The van der Waals surface area contributed by atoms with Gasteiger partial charge in [0, 0.05) is 13.0 Å². The van der Waals surface area contributed by atoms with E-state index in [0.717, 1.165) is 18.4 Å². The van der Waals surface area contributed by atoms with Gasteiger partial charge in [-0.2, -0.15) is 4.98 Å². The molecule has 2 fully saturated rings. The van der Waals surface area contributed by atoms with Crippen LogP contribution in [0.1, 0.15) is 94.7 Å². The third-order valence-electron chi connectivity index (χ3n) is 8.38. The van der Waals surface area contributed by atoms with E-state index < -0.39 is 35.9 Å². The number of hydrogen-bond donors (Lipinski definition) is 2. The summed E-state index contributed by atoms with van der Waals surface area (Å²) in [6.45, 7) is 7.77. The van der Waals surface area contributed by atoms with Crippen molar-refractivity contribution >= 4 is 23.7 Å². The summed E-state index contributed by atoms with van der Waals surface area (Å²) in [5.74, 6) is -0.785. The Morgan fingerprint density at radius 1 is 0.930 bits per heavy atom. The zero-order valence-corrected chi connectivity index (χ0v) is 25.7. The predicted molar refractivity (Wildman–Crippen MR) is 159 cm³/mol. The first-order chi connectivity index (χ1) is 20.6. The van der Waals surface area contributed by atoms with E-state index in [4.69, 9.17) is 9.26 Å². The Kier molecular flexibility index (Phi) is 11.3. The number of likely N-dealkylation sites (tertiary alicyclic amines) is 1. The zero-order valence-electron chi connectivity index (χ0n) is 25.7.